The van der Waals surface area contributed by atoms with E-state index in [2.05, 4.69) is 48.0 Å². The number of hydrogen-bond acceptors (Lipinski definition) is 6. The molecule has 0 saturated carbocycles. The van der Waals surface area contributed by atoms with Crippen molar-refractivity contribution >= 4 is 11.7 Å². The van der Waals surface area contributed by atoms with E-state index in [-0.39, 0.29) is 5.92 Å². The van der Waals surface area contributed by atoms with Gasteiger partial charge in [-0.2, -0.15) is 0 Å². The van der Waals surface area contributed by atoms with Crippen LogP contribution < -0.4 is 4.90 Å². The summed E-state index contributed by atoms with van der Waals surface area (Å²) in [7, 11) is 2.23. The smallest absolute Gasteiger partial charge is 0.225 e. The summed E-state index contributed by atoms with van der Waals surface area (Å²) in [6, 6.07) is 2.24. The van der Waals surface area contributed by atoms with Crippen molar-refractivity contribution in [3.63, 3.8) is 0 Å². The van der Waals surface area contributed by atoms with Gasteiger partial charge in [-0.05, 0) is 63.5 Å². The van der Waals surface area contributed by atoms with Gasteiger partial charge >= 0.3 is 0 Å². The maximum absolute atomic E-state index is 12.5. The van der Waals surface area contributed by atoms with Crippen LogP contribution in [0.4, 0.5) is 5.95 Å². The highest BCUT2D eigenvalue weighted by molar-refractivity contribution is 5.82. The number of anilines is 1. The summed E-state index contributed by atoms with van der Waals surface area (Å²) < 4.78 is 0. The fraction of sp³-hybridized carbons (Fsp3) is 0.792. The van der Waals surface area contributed by atoms with E-state index in [9.17, 15) is 4.79 Å². The Hall–Kier alpha value is -1.53. The number of carbonyl (C=O) groups is 1. The summed E-state index contributed by atoms with van der Waals surface area (Å²) in [5.74, 6) is 2.07. The summed E-state index contributed by atoms with van der Waals surface area (Å²) >= 11 is 0. The van der Waals surface area contributed by atoms with Crippen LogP contribution in [-0.4, -0.2) is 76.4 Å². The Morgan fingerprint density at radius 1 is 1.03 bits per heavy atom. The van der Waals surface area contributed by atoms with E-state index in [1.807, 2.05) is 0 Å². The zero-order valence-corrected chi connectivity index (χ0v) is 18.8. The molecule has 6 nitrogen and oxygen atoms in total. The van der Waals surface area contributed by atoms with Crippen molar-refractivity contribution in [1.29, 1.82) is 0 Å². The molecule has 4 aliphatic rings. The standard InChI is InChI=1S/C24H37N5O/c1-4-16(2)23(30)15-28-19-5-6-20(28)10-17(9-19)18-11-25-24(26-12-18)29-21-7-8-22(29)14-27(3)13-21/h11-12,16-17,19-22H,4-10,13-15H2,1-3H3. The van der Waals surface area contributed by atoms with E-state index < -0.39 is 0 Å². The average Bonchev–Trinajstić information content (AvgIpc) is 3.14. The molecule has 5 rings (SSSR count). The van der Waals surface area contributed by atoms with Crippen LogP contribution in [0.2, 0.25) is 0 Å². The van der Waals surface area contributed by atoms with Crippen LogP contribution in [0.1, 0.15) is 70.3 Å². The fourth-order valence-corrected chi connectivity index (χ4v) is 6.48. The van der Waals surface area contributed by atoms with Crippen molar-refractivity contribution in [3.8, 4) is 0 Å². The van der Waals surface area contributed by atoms with Crippen molar-refractivity contribution in [2.45, 2.75) is 88.9 Å². The fourth-order valence-electron chi connectivity index (χ4n) is 6.48. The molecule has 164 valence electrons. The summed E-state index contributed by atoms with van der Waals surface area (Å²) in [5, 5.41) is 0. The summed E-state index contributed by atoms with van der Waals surface area (Å²) in [6.07, 6.45) is 12.4. The van der Waals surface area contributed by atoms with E-state index in [0.29, 0.717) is 42.4 Å². The highest BCUT2D eigenvalue weighted by atomic mass is 16.1. The van der Waals surface area contributed by atoms with Crippen LogP contribution in [0, 0.1) is 5.92 Å². The SMILES string of the molecule is CCC(C)C(=O)CN1C2CCC1CC(c1cnc(N3C4CCC3CN(C)C4)nc1)C2. The van der Waals surface area contributed by atoms with E-state index in [4.69, 9.17) is 9.97 Å². The number of nitrogens with zero attached hydrogens (tertiary/aromatic N) is 5. The summed E-state index contributed by atoms with van der Waals surface area (Å²) in [5.41, 5.74) is 1.30. The maximum Gasteiger partial charge on any atom is 0.225 e. The van der Waals surface area contributed by atoms with Gasteiger partial charge in [0.25, 0.3) is 0 Å². The number of Topliss-reactive ketones (excluding diaryl/α,β-unsaturated/α-hetero) is 1. The Labute approximate surface area is 181 Å². The summed E-state index contributed by atoms with van der Waals surface area (Å²) in [6.45, 7) is 7.08. The lowest BCUT2D eigenvalue weighted by Gasteiger charge is -2.40. The predicted molar refractivity (Wildman–Crippen MR) is 119 cm³/mol. The second-order valence-corrected chi connectivity index (χ2v) is 10.3. The van der Waals surface area contributed by atoms with Gasteiger partial charge in [0.2, 0.25) is 5.95 Å². The van der Waals surface area contributed by atoms with Gasteiger partial charge < -0.3 is 9.80 Å². The first kappa shape index (κ1) is 20.4. The van der Waals surface area contributed by atoms with Gasteiger partial charge in [0, 0.05) is 55.6 Å². The van der Waals surface area contributed by atoms with Crippen molar-refractivity contribution in [3.05, 3.63) is 18.0 Å². The highest BCUT2D eigenvalue weighted by Crippen LogP contribution is 2.43. The molecular weight excluding hydrogens is 374 g/mol. The summed E-state index contributed by atoms with van der Waals surface area (Å²) in [4.78, 5) is 29.6. The van der Waals surface area contributed by atoms with Crippen LogP contribution >= 0.6 is 0 Å². The van der Waals surface area contributed by atoms with Gasteiger partial charge in [-0.3, -0.25) is 9.69 Å². The molecule has 4 saturated heterocycles. The molecule has 5 unspecified atom stereocenters. The first-order valence-corrected chi connectivity index (χ1v) is 12.1. The van der Waals surface area contributed by atoms with Gasteiger partial charge in [0.1, 0.15) is 5.78 Å². The highest BCUT2D eigenvalue weighted by Gasteiger charge is 2.43. The monoisotopic (exact) mass is 411 g/mol. The third kappa shape index (κ3) is 3.66. The minimum Gasteiger partial charge on any atom is -0.332 e. The molecule has 1 aromatic rings. The minimum atomic E-state index is 0.188. The van der Waals surface area contributed by atoms with Crippen LogP contribution in [0.5, 0.6) is 0 Å². The Bertz CT molecular complexity index is 739. The Balaban J connectivity index is 1.24. The second kappa shape index (κ2) is 8.19. The van der Waals surface area contributed by atoms with E-state index in [0.717, 1.165) is 38.3 Å². The van der Waals surface area contributed by atoms with E-state index in [1.54, 1.807) is 0 Å². The molecule has 6 heteroatoms. The number of ketones is 1. The van der Waals surface area contributed by atoms with E-state index >= 15 is 0 Å². The predicted octanol–water partition coefficient (Wildman–Crippen LogP) is 3.09. The molecule has 0 spiro atoms. The van der Waals surface area contributed by atoms with Crippen LogP contribution in [-0.2, 0) is 4.79 Å². The number of piperazine rings is 1. The van der Waals surface area contributed by atoms with Gasteiger partial charge in [-0.15, -0.1) is 0 Å². The molecule has 1 aromatic heterocycles. The Morgan fingerprint density at radius 2 is 1.60 bits per heavy atom. The molecule has 0 N–H and O–H groups in total. The number of fused-ring (bicyclic) bond motifs is 4. The van der Waals surface area contributed by atoms with E-state index in [1.165, 1.54) is 31.2 Å². The molecular formula is C24H37N5O. The quantitative estimate of drug-likeness (QED) is 0.717. The Morgan fingerprint density at radius 3 is 2.17 bits per heavy atom. The molecule has 4 bridgehead atoms. The number of carbonyl (C=O) groups excluding carboxylic acids is 1. The zero-order valence-electron chi connectivity index (χ0n) is 18.8. The lowest BCUT2D eigenvalue weighted by molar-refractivity contribution is -0.124. The molecule has 30 heavy (non-hydrogen) atoms. The number of likely N-dealkylation sites (tertiary alicyclic amines) is 1. The van der Waals surface area contributed by atoms with Crippen LogP contribution in [0.15, 0.2) is 12.4 Å². The molecule has 0 aliphatic carbocycles. The molecule has 0 aromatic carbocycles. The van der Waals surface area contributed by atoms with Crippen molar-refractivity contribution in [2.24, 2.45) is 5.92 Å². The largest absolute Gasteiger partial charge is 0.332 e. The molecule has 5 atom stereocenters. The number of likely N-dealkylation sites (N-methyl/N-ethyl adjacent to an activating group) is 1. The lowest BCUT2D eigenvalue weighted by Crippen LogP contribution is -2.53. The molecule has 5 heterocycles. The lowest BCUT2D eigenvalue weighted by atomic mass is 9.86. The third-order valence-corrected chi connectivity index (χ3v) is 8.41. The maximum atomic E-state index is 12.5. The van der Waals surface area contributed by atoms with Crippen molar-refractivity contribution in [2.75, 3.05) is 31.6 Å². The van der Waals surface area contributed by atoms with Gasteiger partial charge in [0.15, 0.2) is 0 Å². The third-order valence-electron chi connectivity index (χ3n) is 8.41. The van der Waals surface area contributed by atoms with Crippen LogP contribution in [0.25, 0.3) is 0 Å². The van der Waals surface area contributed by atoms with Gasteiger partial charge in [-0.1, -0.05) is 13.8 Å². The Kier molecular flexibility index (Phi) is 5.56. The normalized spacial score (nSPS) is 35.0. The zero-order chi connectivity index (χ0) is 20.8. The number of hydrogen-bond donors (Lipinski definition) is 0. The van der Waals surface area contributed by atoms with Crippen molar-refractivity contribution < 1.29 is 4.79 Å². The molecule has 4 aliphatic heterocycles. The molecule has 0 amide bonds. The molecule has 4 fully saturated rings. The number of aromatic nitrogens is 2. The first-order valence-electron chi connectivity index (χ1n) is 12.1. The van der Waals surface area contributed by atoms with Gasteiger partial charge in [-0.25, -0.2) is 9.97 Å². The average molecular weight is 412 g/mol. The number of rotatable bonds is 6. The minimum absolute atomic E-state index is 0.188. The van der Waals surface area contributed by atoms with Crippen molar-refractivity contribution in [1.82, 2.24) is 19.8 Å². The second-order valence-electron chi connectivity index (χ2n) is 10.3. The molecule has 0 radical (unpaired) electrons. The topological polar surface area (TPSA) is 52.6 Å². The number of piperidine rings is 1. The first-order chi connectivity index (χ1) is 14.5. The van der Waals surface area contributed by atoms with Gasteiger partial charge in [0.05, 0.1) is 6.54 Å². The van der Waals surface area contributed by atoms with Crippen LogP contribution in [0.3, 0.4) is 0 Å².